The molecule has 2 amide bonds. The van der Waals surface area contributed by atoms with E-state index in [-0.39, 0.29) is 41.0 Å². The van der Waals surface area contributed by atoms with Crippen molar-refractivity contribution in [2.75, 3.05) is 13.7 Å². The number of amides is 2. The second-order valence-electron chi connectivity index (χ2n) is 8.88. The Morgan fingerprint density at radius 1 is 0.977 bits per heavy atom. The number of aliphatic carboxylic acids is 4. The number of hydrogen-bond donors (Lipinski definition) is 9. The Bertz CT molecular complexity index is 1100. The number of hydrogen-bond acceptors (Lipinski definition) is 11. The number of methoxy groups -OCH3 is 1. The summed E-state index contributed by atoms with van der Waals surface area (Å²) < 4.78 is 4.83. The van der Waals surface area contributed by atoms with Gasteiger partial charge in [-0.2, -0.15) is 0 Å². The molecule has 0 aliphatic carbocycles. The second kappa shape index (κ2) is 20.4. The summed E-state index contributed by atoms with van der Waals surface area (Å²) in [5.74, 6) is -7.59. The number of halogens is 2. The van der Waals surface area contributed by atoms with Crippen molar-refractivity contribution >= 4 is 66.2 Å². The van der Waals surface area contributed by atoms with Crippen LogP contribution in [0.1, 0.15) is 49.9 Å². The van der Waals surface area contributed by atoms with Gasteiger partial charge in [-0.15, -0.1) is 0 Å². The predicted molar refractivity (Wildman–Crippen MR) is 148 cm³/mol. The fourth-order valence-electron chi connectivity index (χ4n) is 2.92. The minimum absolute atomic E-state index is 0.00112. The Labute approximate surface area is 255 Å². The van der Waals surface area contributed by atoms with Gasteiger partial charge in [0.1, 0.15) is 0 Å². The number of carbonyl (C=O) groups is 6. The van der Waals surface area contributed by atoms with Crippen LogP contribution in [0.4, 0.5) is 0 Å². The molecule has 0 heterocycles. The van der Waals surface area contributed by atoms with Crippen molar-refractivity contribution in [2.45, 2.75) is 51.2 Å². The van der Waals surface area contributed by atoms with Crippen LogP contribution in [0.25, 0.3) is 0 Å². The van der Waals surface area contributed by atoms with Crippen LogP contribution < -0.4 is 5.43 Å². The first kappa shape index (κ1) is 41.6. The Morgan fingerprint density at radius 2 is 1.47 bits per heavy atom. The minimum atomic E-state index is -2.74. The molecule has 17 nitrogen and oxygen atoms in total. The molecule has 0 saturated carbocycles. The normalized spacial score (nSPS) is 11.1. The van der Waals surface area contributed by atoms with Crippen LogP contribution in [-0.4, -0.2) is 114 Å². The number of ether oxygens (including phenoxy) is 1. The molecule has 1 unspecified atom stereocenters. The lowest BCUT2D eigenvalue weighted by molar-refractivity contribution is -0.170. The van der Waals surface area contributed by atoms with Gasteiger partial charge in [-0.3, -0.25) is 24.6 Å². The zero-order valence-electron chi connectivity index (χ0n) is 23.1. The largest absolute Gasteiger partial charge is 0.631 e. The molecule has 1 rings (SSSR count). The fourth-order valence-corrected chi connectivity index (χ4v) is 3.29. The highest BCUT2D eigenvalue weighted by Gasteiger charge is 2.40. The molecular weight excluding hydrogens is 626 g/mol. The van der Waals surface area contributed by atoms with Crippen LogP contribution in [0.2, 0.25) is 10.0 Å². The highest BCUT2D eigenvalue weighted by molar-refractivity contribution is 6.35. The first-order valence-corrected chi connectivity index (χ1v) is 12.7. The maximum atomic E-state index is 12.9. The van der Waals surface area contributed by atoms with E-state index in [0.29, 0.717) is 0 Å². The van der Waals surface area contributed by atoms with Crippen molar-refractivity contribution in [3.05, 3.63) is 33.8 Å². The zero-order valence-corrected chi connectivity index (χ0v) is 24.7. The van der Waals surface area contributed by atoms with Crippen molar-refractivity contribution in [2.24, 2.45) is 5.92 Å². The van der Waals surface area contributed by atoms with Crippen LogP contribution in [0.15, 0.2) is 18.2 Å². The van der Waals surface area contributed by atoms with Gasteiger partial charge in [0.2, 0.25) is 5.91 Å². The Hall–Kier alpha value is -3.52. The summed E-state index contributed by atoms with van der Waals surface area (Å²) in [5, 5.41) is 66.1. The van der Waals surface area contributed by atoms with Gasteiger partial charge in [0.25, 0.3) is 5.91 Å². The number of nitrogens with zero attached hydrogens (tertiary/aromatic N) is 1. The van der Waals surface area contributed by atoms with Gasteiger partial charge in [-0.05, 0) is 30.5 Å². The summed E-state index contributed by atoms with van der Waals surface area (Å²) in [4.78, 5) is 67.2. The highest BCUT2D eigenvalue weighted by Crippen LogP contribution is 2.24. The summed E-state index contributed by atoms with van der Waals surface area (Å²) in [6, 6.07) is 3.00. The molecule has 0 aliphatic rings. The number of carboxylic acid groups (broad SMARTS) is 4. The van der Waals surface area contributed by atoms with E-state index in [9.17, 15) is 33.9 Å². The van der Waals surface area contributed by atoms with Gasteiger partial charge in [0.05, 0.1) is 36.5 Å². The predicted octanol–water partition coefficient (Wildman–Crippen LogP) is -0.298. The topological polar surface area (TPSA) is 289 Å². The van der Waals surface area contributed by atoms with Crippen molar-refractivity contribution in [1.82, 2.24) is 10.4 Å². The monoisotopic (exact) mass is 658 g/mol. The molecule has 0 saturated heterocycles. The number of nitrogens with one attached hydrogen (secondary N) is 1. The average molecular weight is 659 g/mol. The maximum absolute atomic E-state index is 12.9. The highest BCUT2D eigenvalue weighted by atomic mass is 35.5. The van der Waals surface area contributed by atoms with Crippen molar-refractivity contribution in [3.8, 4) is 0 Å². The summed E-state index contributed by atoms with van der Waals surface area (Å²) in [5.41, 5.74) is -0.371. The van der Waals surface area contributed by atoms with Gasteiger partial charge in [-0.1, -0.05) is 37.0 Å². The average Bonchev–Trinajstić information content (AvgIpc) is 2.84. The van der Waals surface area contributed by atoms with Crippen LogP contribution in [0.3, 0.4) is 0 Å². The molecule has 0 spiro atoms. The van der Waals surface area contributed by atoms with E-state index in [4.69, 9.17) is 63.4 Å². The van der Waals surface area contributed by atoms with Crippen molar-refractivity contribution in [1.29, 1.82) is 0 Å². The maximum Gasteiger partial charge on any atom is 0.631 e. The van der Waals surface area contributed by atoms with Crippen molar-refractivity contribution in [3.63, 3.8) is 0 Å². The molecule has 1 aromatic rings. The second-order valence-corrected chi connectivity index (χ2v) is 9.73. The lowest BCUT2D eigenvalue weighted by Gasteiger charge is -2.30. The first-order valence-electron chi connectivity index (χ1n) is 11.9. The fraction of sp³-hybridized carbons (Fsp3) is 0.478. The van der Waals surface area contributed by atoms with Gasteiger partial charge in [0, 0.05) is 12.1 Å². The lowest BCUT2D eigenvalue weighted by Crippen LogP contribution is -2.55. The first-order chi connectivity index (χ1) is 19.7. The van der Waals surface area contributed by atoms with Crippen LogP contribution >= 0.6 is 23.2 Å². The Balaban J connectivity index is 0. The van der Waals surface area contributed by atoms with Crippen molar-refractivity contribution < 1.29 is 74.1 Å². The number of rotatable bonds is 13. The van der Waals surface area contributed by atoms with E-state index in [1.165, 1.54) is 25.3 Å². The Kier molecular flexibility index (Phi) is 19.7. The molecular formula is C23H33BCl2N2O15. The van der Waals surface area contributed by atoms with Gasteiger partial charge in [-0.25, -0.2) is 14.6 Å². The number of carbonyl (C=O) groups excluding carboxylic acids is 2. The molecule has 43 heavy (non-hydrogen) atoms. The Morgan fingerprint density at radius 3 is 1.84 bits per heavy atom. The molecule has 20 heteroatoms. The standard InChI is InChI=1S/C17H22Cl2N2O5.C6H8O7.BH3O3/c1-10(2)8-14(17(24)25)21(20-15(22)6-7-26-3)16(23)12-9-11(18)4-5-13(12)19;7-3(8)1-6(13,5(11)12)2-4(9)10;2-1(3)4/h4-5,9-10,14H,6-8H2,1-3H3,(H,20,22)(H,24,25);13H,1-2H2,(H,7,8)(H,9,10)(H,11,12);2-4H. The van der Waals surface area contributed by atoms with Crippen LogP contribution in [-0.2, 0) is 28.7 Å². The lowest BCUT2D eigenvalue weighted by atomic mass is 9.96. The molecule has 242 valence electrons. The van der Waals surface area contributed by atoms with Gasteiger partial charge < -0.3 is 45.3 Å². The van der Waals surface area contributed by atoms with E-state index in [2.05, 4.69) is 5.43 Å². The summed E-state index contributed by atoms with van der Waals surface area (Å²) in [6.07, 6.45) is -2.18. The van der Waals surface area contributed by atoms with Crippen LogP contribution in [0.5, 0.6) is 0 Å². The molecule has 0 radical (unpaired) electrons. The quantitative estimate of drug-likeness (QED) is 0.0971. The van der Waals surface area contributed by atoms with E-state index < -0.39 is 67.5 Å². The van der Waals surface area contributed by atoms with Gasteiger partial charge >= 0.3 is 31.2 Å². The smallest absolute Gasteiger partial charge is 0.481 e. The molecule has 0 fully saturated rings. The minimum Gasteiger partial charge on any atom is -0.481 e. The molecule has 1 atom stereocenters. The van der Waals surface area contributed by atoms with E-state index in [0.717, 1.165) is 5.01 Å². The van der Waals surface area contributed by atoms with E-state index in [1.807, 2.05) is 13.8 Å². The van der Waals surface area contributed by atoms with Gasteiger partial charge in [0.15, 0.2) is 11.6 Å². The number of aliphatic hydroxyl groups is 1. The third-order valence-electron chi connectivity index (χ3n) is 4.73. The molecule has 0 aromatic heterocycles. The summed E-state index contributed by atoms with van der Waals surface area (Å²) in [6.45, 7) is 3.77. The summed E-state index contributed by atoms with van der Waals surface area (Å²) in [7, 11) is -0.735. The van der Waals surface area contributed by atoms with E-state index in [1.54, 1.807) is 0 Å². The molecule has 0 aliphatic heterocycles. The van der Waals surface area contributed by atoms with Crippen LogP contribution in [0, 0.1) is 5.92 Å². The SMILES string of the molecule is COCCC(=O)NN(C(=O)c1cc(Cl)ccc1Cl)C(CC(C)C)C(=O)O.O=C(O)CC(O)(CC(=O)O)C(=O)O.OB(O)O. The zero-order chi connectivity index (χ0) is 34.1. The van der Waals surface area contributed by atoms with E-state index >= 15 is 0 Å². The molecule has 1 aromatic carbocycles. The number of carboxylic acids is 4. The summed E-state index contributed by atoms with van der Waals surface area (Å²) >= 11 is 12.0. The number of benzene rings is 1. The third kappa shape index (κ3) is 17.9. The molecule has 0 bridgehead atoms. The number of hydrazine groups is 1. The molecule has 9 N–H and O–H groups in total. The third-order valence-corrected chi connectivity index (χ3v) is 5.30.